The van der Waals surface area contributed by atoms with E-state index in [9.17, 15) is 20.0 Å². The highest BCUT2D eigenvalue weighted by molar-refractivity contribution is 6.31. The van der Waals surface area contributed by atoms with Crippen molar-refractivity contribution in [3.05, 3.63) is 81.5 Å². The highest BCUT2D eigenvalue weighted by atomic mass is 35.5. The van der Waals surface area contributed by atoms with E-state index in [0.717, 1.165) is 6.07 Å². The molecule has 0 radical (unpaired) electrons. The molecule has 11 nitrogen and oxygen atoms in total. The lowest BCUT2D eigenvalue weighted by molar-refractivity contribution is -0.136. The maximum Gasteiger partial charge on any atom is 0.317 e. The average Bonchev–Trinajstić information content (AvgIpc) is 3.57. The number of carbonyl (C=O) groups is 2. The second-order valence-corrected chi connectivity index (χ2v) is 15.2. The lowest BCUT2D eigenvalue weighted by Gasteiger charge is -2.37. The number of halogens is 4. The van der Waals surface area contributed by atoms with Crippen LogP contribution in [0.15, 0.2) is 48.7 Å². The summed E-state index contributed by atoms with van der Waals surface area (Å²) in [5.41, 5.74) is -3.05. The maximum atomic E-state index is 15.9. The van der Waals surface area contributed by atoms with E-state index in [4.69, 9.17) is 33.0 Å². The van der Waals surface area contributed by atoms with Gasteiger partial charge in [-0.25, -0.2) is 8.78 Å². The summed E-state index contributed by atoms with van der Waals surface area (Å²) in [4.78, 5) is 24.9. The van der Waals surface area contributed by atoms with Crippen molar-refractivity contribution < 1.29 is 33.3 Å². The SMILES string of the molecule is CC(C)(C)CC1NC(C(=O)Nc2ccn(CC(C)(C)OCC(O)CNCC(=O)O)n2)C(c2cccc(Cl)c2F)C1(C#N)c1ccc(Cl)cc1F. The molecule has 2 heterocycles. The van der Waals surface area contributed by atoms with E-state index in [2.05, 4.69) is 27.1 Å². The van der Waals surface area contributed by atoms with Gasteiger partial charge in [0.2, 0.25) is 5.91 Å². The van der Waals surface area contributed by atoms with Gasteiger partial charge in [-0.1, -0.05) is 62.2 Å². The predicted octanol–water partition coefficient (Wildman–Crippen LogP) is 5.26. The van der Waals surface area contributed by atoms with Gasteiger partial charge < -0.3 is 30.9 Å². The molecule has 3 aromatic rings. The van der Waals surface area contributed by atoms with E-state index in [0.29, 0.717) is 6.42 Å². The van der Waals surface area contributed by atoms with Crippen molar-refractivity contribution >= 4 is 40.9 Å². The number of anilines is 1. The number of nitrogens with zero attached hydrogens (tertiary/aromatic N) is 3. The fourth-order valence-corrected chi connectivity index (χ4v) is 6.78. The number of nitriles is 1. The average molecular weight is 736 g/mol. The number of hydrogen-bond donors (Lipinski definition) is 5. The van der Waals surface area contributed by atoms with Crippen LogP contribution in [0.25, 0.3) is 0 Å². The van der Waals surface area contributed by atoms with Crippen molar-refractivity contribution in [1.82, 2.24) is 20.4 Å². The highest BCUT2D eigenvalue weighted by Gasteiger charge is 2.61. The lowest BCUT2D eigenvalue weighted by atomic mass is 9.62. The molecule has 5 unspecified atom stereocenters. The molecule has 4 rings (SSSR count). The Morgan fingerprint density at radius 2 is 1.90 bits per heavy atom. The number of nitrogens with one attached hydrogen (secondary N) is 3. The second-order valence-electron chi connectivity index (χ2n) is 14.3. The summed E-state index contributed by atoms with van der Waals surface area (Å²) in [7, 11) is 0. The van der Waals surface area contributed by atoms with Gasteiger partial charge in [-0.3, -0.25) is 14.3 Å². The molecule has 1 saturated heterocycles. The molecule has 2 aromatic carbocycles. The quantitative estimate of drug-likeness (QED) is 0.149. The standard InChI is InChI=1S/C35H42Cl2F2N6O5/c1-33(2,3)14-26-35(18-40,23-10-9-20(36)13-25(23)38)29(22-7-6-8-24(37)30(22)39)31(42-26)32(49)43-27-11-12-45(44-27)19-34(4,5)50-17-21(46)15-41-16-28(47)48/h6-13,21,26,29,31,41-42,46H,14-17,19H2,1-5H3,(H,47,48)(H,43,44,49). The summed E-state index contributed by atoms with van der Waals surface area (Å²) >= 11 is 12.3. The fraction of sp³-hybridized carbons (Fsp3) is 0.486. The molecule has 1 fully saturated rings. The molecule has 0 spiro atoms. The second kappa shape index (κ2) is 15.7. The number of carboxylic acid groups (broad SMARTS) is 1. The van der Waals surface area contributed by atoms with Crippen LogP contribution in [0.1, 0.15) is 58.1 Å². The van der Waals surface area contributed by atoms with Gasteiger partial charge in [-0.05, 0) is 49.4 Å². The Labute approximate surface area is 299 Å². The third-order valence-electron chi connectivity index (χ3n) is 8.49. The van der Waals surface area contributed by atoms with Gasteiger partial charge in [0, 0.05) is 41.4 Å². The first-order chi connectivity index (χ1) is 23.4. The molecule has 1 amide bonds. The summed E-state index contributed by atoms with van der Waals surface area (Å²) in [6.45, 7) is 9.31. The number of hydrogen-bond acceptors (Lipinski definition) is 8. The van der Waals surface area contributed by atoms with Crippen molar-refractivity contribution in [1.29, 1.82) is 5.26 Å². The van der Waals surface area contributed by atoms with Gasteiger partial charge >= 0.3 is 5.97 Å². The Kier molecular flexibility index (Phi) is 12.3. The number of benzene rings is 2. The number of amides is 1. The first-order valence-electron chi connectivity index (χ1n) is 16.0. The van der Waals surface area contributed by atoms with E-state index in [1.54, 1.807) is 26.1 Å². The largest absolute Gasteiger partial charge is 0.480 e. The number of aliphatic hydroxyl groups is 1. The van der Waals surface area contributed by atoms with Gasteiger partial charge in [0.25, 0.3) is 0 Å². The van der Waals surface area contributed by atoms with Crippen LogP contribution in [0.3, 0.4) is 0 Å². The number of carboxylic acids is 1. The molecule has 270 valence electrons. The minimum atomic E-state index is -1.77. The number of rotatable bonds is 14. The Hall–Kier alpha value is -3.64. The molecule has 1 aliphatic rings. The third-order valence-corrected chi connectivity index (χ3v) is 9.02. The third kappa shape index (κ3) is 9.17. The minimum absolute atomic E-state index is 0.0257. The van der Waals surface area contributed by atoms with E-state index < -0.39 is 64.0 Å². The minimum Gasteiger partial charge on any atom is -0.480 e. The van der Waals surface area contributed by atoms with Crippen LogP contribution in [0, 0.1) is 28.4 Å². The Bertz CT molecular complexity index is 1740. The van der Waals surface area contributed by atoms with Crippen molar-refractivity contribution in [2.45, 2.75) is 82.7 Å². The van der Waals surface area contributed by atoms with E-state index in [1.165, 1.54) is 35.0 Å². The molecular weight excluding hydrogens is 693 g/mol. The maximum absolute atomic E-state index is 15.9. The zero-order chi connectivity index (χ0) is 37.0. The number of aliphatic carboxylic acids is 1. The summed E-state index contributed by atoms with van der Waals surface area (Å²) < 4.78 is 39.2. The van der Waals surface area contributed by atoms with Crippen LogP contribution in [-0.4, -0.2) is 75.4 Å². The van der Waals surface area contributed by atoms with Gasteiger partial charge in [0.1, 0.15) is 17.0 Å². The smallest absolute Gasteiger partial charge is 0.317 e. The van der Waals surface area contributed by atoms with Crippen LogP contribution in [0.2, 0.25) is 10.0 Å². The fourth-order valence-electron chi connectivity index (χ4n) is 6.44. The zero-order valence-electron chi connectivity index (χ0n) is 28.4. The number of aromatic nitrogens is 2. The Balaban J connectivity index is 1.64. The summed E-state index contributed by atoms with van der Waals surface area (Å²) in [5, 5.41) is 42.9. The number of aliphatic hydroxyl groups excluding tert-OH is 1. The molecule has 5 N–H and O–H groups in total. The van der Waals surface area contributed by atoms with Gasteiger partial charge in [-0.2, -0.15) is 10.4 Å². The molecule has 1 aliphatic heterocycles. The molecule has 15 heteroatoms. The first-order valence-corrected chi connectivity index (χ1v) is 16.8. The van der Waals surface area contributed by atoms with Crippen LogP contribution < -0.4 is 16.0 Å². The Morgan fingerprint density at radius 1 is 1.18 bits per heavy atom. The molecule has 5 atom stereocenters. The van der Waals surface area contributed by atoms with Crippen molar-refractivity contribution in [2.75, 3.05) is 25.0 Å². The molecule has 0 aliphatic carbocycles. The van der Waals surface area contributed by atoms with Gasteiger partial charge in [-0.15, -0.1) is 0 Å². The molecule has 0 bridgehead atoms. The van der Waals surface area contributed by atoms with E-state index >= 15 is 8.78 Å². The number of ether oxygens (including phenoxy) is 1. The van der Waals surface area contributed by atoms with Crippen molar-refractivity contribution in [2.24, 2.45) is 5.41 Å². The predicted molar refractivity (Wildman–Crippen MR) is 185 cm³/mol. The van der Waals surface area contributed by atoms with E-state index in [-0.39, 0.29) is 53.2 Å². The summed E-state index contributed by atoms with van der Waals surface area (Å²) in [5.74, 6) is -4.33. The normalized spacial score (nSPS) is 21.5. The summed E-state index contributed by atoms with van der Waals surface area (Å²) in [6.07, 6.45) is 0.993. The topological polar surface area (TPSA) is 162 Å². The van der Waals surface area contributed by atoms with Gasteiger partial charge in [0.05, 0.1) is 48.5 Å². The first kappa shape index (κ1) is 39.2. The van der Waals surface area contributed by atoms with Crippen LogP contribution in [0.5, 0.6) is 0 Å². The van der Waals surface area contributed by atoms with Crippen molar-refractivity contribution in [3.63, 3.8) is 0 Å². The van der Waals surface area contributed by atoms with Crippen LogP contribution >= 0.6 is 23.2 Å². The van der Waals surface area contributed by atoms with Gasteiger partial charge in [0.15, 0.2) is 5.82 Å². The number of carbonyl (C=O) groups excluding carboxylic acids is 1. The monoisotopic (exact) mass is 734 g/mol. The molecule has 50 heavy (non-hydrogen) atoms. The van der Waals surface area contributed by atoms with Crippen LogP contribution in [0.4, 0.5) is 14.6 Å². The van der Waals surface area contributed by atoms with Crippen molar-refractivity contribution in [3.8, 4) is 6.07 Å². The summed E-state index contributed by atoms with van der Waals surface area (Å²) in [6, 6.07) is 10.1. The molecular formula is C35H42Cl2F2N6O5. The molecule has 1 aromatic heterocycles. The molecule has 0 saturated carbocycles. The Morgan fingerprint density at radius 3 is 2.54 bits per heavy atom. The lowest BCUT2D eigenvalue weighted by Crippen LogP contribution is -2.45. The highest BCUT2D eigenvalue weighted by Crippen LogP contribution is 2.52. The zero-order valence-corrected chi connectivity index (χ0v) is 29.9. The van der Waals surface area contributed by atoms with Crippen LogP contribution in [-0.2, 0) is 26.3 Å². The van der Waals surface area contributed by atoms with E-state index in [1.807, 2.05) is 20.8 Å².